The zero-order chi connectivity index (χ0) is 19.2. The third-order valence-electron chi connectivity index (χ3n) is 4.93. The highest BCUT2D eigenvalue weighted by Gasteiger charge is 2.29. The second-order valence-electron chi connectivity index (χ2n) is 6.74. The summed E-state index contributed by atoms with van der Waals surface area (Å²) in [4.78, 5) is 28.2. The fraction of sp³-hybridized carbons (Fsp3) is 0.588. The number of hydrogen-bond acceptors (Lipinski definition) is 8. The van der Waals surface area contributed by atoms with Crippen molar-refractivity contribution >= 4 is 29.2 Å². The number of pyridine rings is 1. The first kappa shape index (κ1) is 19.4. The van der Waals surface area contributed by atoms with Crippen molar-refractivity contribution < 1.29 is 9.72 Å². The predicted molar refractivity (Wildman–Crippen MR) is 102 cm³/mol. The third kappa shape index (κ3) is 5.08. The van der Waals surface area contributed by atoms with Crippen LogP contribution in [0.4, 0.5) is 11.5 Å². The molecule has 1 saturated carbocycles. The molecule has 3 rings (SSSR count). The van der Waals surface area contributed by atoms with Gasteiger partial charge in [-0.1, -0.05) is 0 Å². The maximum atomic E-state index is 12.3. The van der Waals surface area contributed by atoms with Gasteiger partial charge in [0, 0.05) is 23.9 Å². The molecule has 1 aromatic rings. The summed E-state index contributed by atoms with van der Waals surface area (Å²) in [6.45, 7) is 0.269. The molecule has 0 radical (unpaired) electrons. The van der Waals surface area contributed by atoms with Crippen molar-refractivity contribution in [3.63, 3.8) is 0 Å². The summed E-state index contributed by atoms with van der Waals surface area (Å²) in [7, 11) is 0. The minimum Gasteiger partial charge on any atom is -0.367 e. The Bertz CT molecular complexity index is 714. The Morgan fingerprint density at radius 1 is 1.37 bits per heavy atom. The van der Waals surface area contributed by atoms with Gasteiger partial charge in [0.05, 0.1) is 23.4 Å². The first-order chi connectivity index (χ1) is 13.1. The van der Waals surface area contributed by atoms with E-state index in [9.17, 15) is 14.9 Å². The van der Waals surface area contributed by atoms with Crippen molar-refractivity contribution in [1.29, 1.82) is 5.26 Å². The van der Waals surface area contributed by atoms with Crippen LogP contribution in [0.5, 0.6) is 0 Å². The van der Waals surface area contributed by atoms with Gasteiger partial charge in [-0.15, -0.1) is 11.8 Å². The maximum absolute atomic E-state index is 12.3. The average Bonchev–Trinajstić information content (AvgIpc) is 3.16. The van der Waals surface area contributed by atoms with Crippen LogP contribution < -0.4 is 10.6 Å². The van der Waals surface area contributed by atoms with Crippen molar-refractivity contribution in [3.8, 4) is 6.07 Å². The predicted octanol–water partition coefficient (Wildman–Crippen LogP) is 1.73. The summed E-state index contributed by atoms with van der Waals surface area (Å²) < 4.78 is 0. The quantitative estimate of drug-likeness (QED) is 0.556. The number of anilines is 1. The molecule has 1 aliphatic carbocycles. The highest BCUT2D eigenvalue weighted by molar-refractivity contribution is 7.99. The van der Waals surface area contributed by atoms with Crippen LogP contribution in [0.25, 0.3) is 0 Å². The van der Waals surface area contributed by atoms with Crippen molar-refractivity contribution in [2.45, 2.75) is 43.8 Å². The zero-order valence-corrected chi connectivity index (χ0v) is 15.7. The number of thioether (sulfide) groups is 1. The number of hydrogen-bond donors (Lipinski definition) is 2. The minimum absolute atomic E-state index is 0.0121. The Morgan fingerprint density at radius 3 is 2.74 bits per heavy atom. The second kappa shape index (κ2) is 9.01. The van der Waals surface area contributed by atoms with Crippen molar-refractivity contribution in [1.82, 2.24) is 15.2 Å². The second-order valence-corrected chi connectivity index (χ2v) is 7.74. The zero-order valence-electron chi connectivity index (χ0n) is 14.8. The fourth-order valence-electron chi connectivity index (χ4n) is 3.36. The number of aromatic nitrogens is 1. The molecular weight excluding hydrogens is 368 g/mol. The lowest BCUT2D eigenvalue weighted by atomic mass is 9.91. The number of carbonyl (C=O) groups excluding carboxylic acids is 1. The van der Waals surface area contributed by atoms with Gasteiger partial charge in [-0.05, 0) is 31.7 Å². The van der Waals surface area contributed by atoms with Gasteiger partial charge < -0.3 is 15.5 Å². The molecule has 9 nitrogen and oxygen atoms in total. The Hall–Kier alpha value is -2.38. The first-order valence-electron chi connectivity index (χ1n) is 8.94. The minimum atomic E-state index is -0.464. The lowest BCUT2D eigenvalue weighted by Crippen LogP contribution is -2.45. The van der Waals surface area contributed by atoms with E-state index in [1.165, 1.54) is 12.3 Å². The van der Waals surface area contributed by atoms with Gasteiger partial charge in [0.15, 0.2) is 0 Å². The number of carbonyl (C=O) groups is 1. The Labute approximate surface area is 161 Å². The Kier molecular flexibility index (Phi) is 6.47. The van der Waals surface area contributed by atoms with E-state index in [1.54, 1.807) is 22.7 Å². The summed E-state index contributed by atoms with van der Waals surface area (Å²) >= 11 is 1.61. The molecule has 2 fully saturated rings. The van der Waals surface area contributed by atoms with Crippen molar-refractivity contribution in [2.75, 3.05) is 23.5 Å². The molecule has 1 atom stereocenters. The summed E-state index contributed by atoms with van der Waals surface area (Å²) in [6, 6.07) is 5.49. The van der Waals surface area contributed by atoms with Crippen molar-refractivity contribution in [2.24, 2.45) is 0 Å². The van der Waals surface area contributed by atoms with Crippen LogP contribution in [0.2, 0.25) is 0 Å². The standard InChI is InChI=1S/C17H22N6O3S/c18-7-15-10-27-11-22(15)17(24)9-19-12-1-3-13(4-2-12)21-16-6-5-14(8-20-16)23(25)26/h5-6,8,12-13,15,19H,1-4,9-11H2,(H,20,21)/t12?,13?,15-/m1/s1. The van der Waals surface area contributed by atoms with Crippen LogP contribution in [0, 0.1) is 21.4 Å². The van der Waals surface area contributed by atoms with Crippen LogP contribution >= 0.6 is 11.8 Å². The van der Waals surface area contributed by atoms with E-state index in [0.717, 1.165) is 25.7 Å². The van der Waals surface area contributed by atoms with Gasteiger partial charge in [-0.25, -0.2) is 4.98 Å². The van der Waals surface area contributed by atoms with E-state index < -0.39 is 4.92 Å². The SMILES string of the molecule is N#C[C@@H]1CSCN1C(=O)CNC1CCC(Nc2ccc([N+](=O)[O-])cn2)CC1. The van der Waals surface area contributed by atoms with Gasteiger partial charge in [0.25, 0.3) is 5.69 Å². The molecular formula is C17H22N6O3S. The molecule has 2 N–H and O–H groups in total. The van der Waals surface area contributed by atoms with E-state index in [4.69, 9.17) is 5.26 Å². The third-order valence-corrected chi connectivity index (χ3v) is 5.94. The number of nitrogens with zero attached hydrogens (tertiary/aromatic N) is 4. The van der Waals surface area contributed by atoms with E-state index in [2.05, 4.69) is 21.7 Å². The van der Waals surface area contributed by atoms with Gasteiger partial charge in [0.1, 0.15) is 18.1 Å². The number of nitrogens with one attached hydrogen (secondary N) is 2. The molecule has 0 spiro atoms. The van der Waals surface area contributed by atoms with Crippen LogP contribution in [0.1, 0.15) is 25.7 Å². The number of amides is 1. The monoisotopic (exact) mass is 390 g/mol. The highest BCUT2D eigenvalue weighted by atomic mass is 32.2. The molecule has 1 amide bonds. The number of nitro groups is 1. The average molecular weight is 390 g/mol. The van der Waals surface area contributed by atoms with Gasteiger partial charge >= 0.3 is 0 Å². The lowest BCUT2D eigenvalue weighted by molar-refractivity contribution is -0.385. The summed E-state index contributed by atoms with van der Waals surface area (Å²) in [6.07, 6.45) is 5.00. The molecule has 1 aromatic heterocycles. The van der Waals surface area contributed by atoms with E-state index in [1.807, 2.05) is 0 Å². The molecule has 27 heavy (non-hydrogen) atoms. The van der Waals surface area contributed by atoms with Crippen LogP contribution in [-0.2, 0) is 4.79 Å². The Balaban J connectivity index is 1.39. The molecule has 0 unspecified atom stereocenters. The maximum Gasteiger partial charge on any atom is 0.287 e. The van der Waals surface area contributed by atoms with Gasteiger partial charge in [-0.2, -0.15) is 5.26 Å². The molecule has 0 aromatic carbocycles. The van der Waals surface area contributed by atoms with Gasteiger partial charge in [-0.3, -0.25) is 14.9 Å². The summed E-state index contributed by atoms with van der Waals surface area (Å²) in [5.74, 6) is 1.91. The van der Waals surface area contributed by atoms with Crippen LogP contribution in [0.15, 0.2) is 18.3 Å². The summed E-state index contributed by atoms with van der Waals surface area (Å²) in [5, 5.41) is 26.4. The molecule has 10 heteroatoms. The molecule has 1 saturated heterocycles. The topological polar surface area (TPSA) is 124 Å². The number of rotatable bonds is 6. The smallest absolute Gasteiger partial charge is 0.287 e. The van der Waals surface area contributed by atoms with Crippen LogP contribution in [-0.4, -0.2) is 57.0 Å². The highest BCUT2D eigenvalue weighted by Crippen LogP contribution is 2.23. The van der Waals surface area contributed by atoms with E-state index in [0.29, 0.717) is 17.4 Å². The van der Waals surface area contributed by atoms with Gasteiger partial charge in [0.2, 0.25) is 5.91 Å². The van der Waals surface area contributed by atoms with Crippen molar-refractivity contribution in [3.05, 3.63) is 28.4 Å². The first-order valence-corrected chi connectivity index (χ1v) is 10.1. The molecule has 2 aliphatic rings. The lowest BCUT2D eigenvalue weighted by Gasteiger charge is -2.30. The molecule has 144 valence electrons. The largest absolute Gasteiger partial charge is 0.367 e. The van der Waals surface area contributed by atoms with E-state index in [-0.39, 0.29) is 36.3 Å². The Morgan fingerprint density at radius 2 is 2.11 bits per heavy atom. The summed E-state index contributed by atoms with van der Waals surface area (Å²) in [5.41, 5.74) is -0.0202. The fourth-order valence-corrected chi connectivity index (χ4v) is 4.46. The van der Waals surface area contributed by atoms with Crippen LogP contribution in [0.3, 0.4) is 0 Å². The molecule has 1 aliphatic heterocycles. The molecule has 2 heterocycles. The molecule has 0 bridgehead atoms. The van der Waals surface area contributed by atoms with E-state index >= 15 is 0 Å². The number of nitriles is 1. The normalized spacial score (nSPS) is 25.0.